The molecule has 2 saturated heterocycles. The number of β-amino-alcohol motifs (C(OH)–C–C–N with tert-alkyl or cyclic N) is 1. The molecule has 0 aromatic heterocycles. The molecular formula is C14H26N2O4. The van der Waals surface area contributed by atoms with Crippen molar-refractivity contribution in [3.63, 3.8) is 0 Å². The molecule has 2 N–H and O–H groups in total. The maximum absolute atomic E-state index is 12.2. The highest BCUT2D eigenvalue weighted by Crippen LogP contribution is 2.17. The van der Waals surface area contributed by atoms with Gasteiger partial charge in [-0.3, -0.25) is 4.79 Å². The van der Waals surface area contributed by atoms with E-state index in [0.717, 1.165) is 32.5 Å². The first kappa shape index (κ1) is 15.7. The van der Waals surface area contributed by atoms with Crippen molar-refractivity contribution in [1.29, 1.82) is 0 Å². The Labute approximate surface area is 120 Å². The molecule has 2 unspecified atom stereocenters. The molecule has 20 heavy (non-hydrogen) atoms. The number of hydrogen-bond donors (Lipinski definition) is 2. The monoisotopic (exact) mass is 286 g/mol. The Hall–Kier alpha value is -0.690. The van der Waals surface area contributed by atoms with Gasteiger partial charge in [-0.15, -0.1) is 0 Å². The van der Waals surface area contributed by atoms with E-state index in [4.69, 9.17) is 9.47 Å². The van der Waals surface area contributed by atoms with Gasteiger partial charge in [0.25, 0.3) is 0 Å². The van der Waals surface area contributed by atoms with Crippen molar-refractivity contribution in [2.75, 3.05) is 39.5 Å². The summed E-state index contributed by atoms with van der Waals surface area (Å²) in [6.07, 6.45) is 2.15. The number of hydrogen-bond acceptors (Lipinski definition) is 5. The smallest absolute Gasteiger partial charge is 0.239 e. The van der Waals surface area contributed by atoms with Gasteiger partial charge in [-0.1, -0.05) is 0 Å². The number of aliphatic hydroxyl groups excluding tert-OH is 1. The van der Waals surface area contributed by atoms with Gasteiger partial charge in [-0.25, -0.2) is 0 Å². The van der Waals surface area contributed by atoms with Crippen LogP contribution in [0.15, 0.2) is 0 Å². The second-order valence-electron chi connectivity index (χ2n) is 5.44. The van der Waals surface area contributed by atoms with Crippen LogP contribution < -0.4 is 5.32 Å². The van der Waals surface area contributed by atoms with Crippen molar-refractivity contribution >= 4 is 5.91 Å². The minimum absolute atomic E-state index is 0.120. The summed E-state index contributed by atoms with van der Waals surface area (Å²) in [5.74, 6) is 0.120. The minimum atomic E-state index is -0.386. The molecule has 1 amide bonds. The van der Waals surface area contributed by atoms with Crippen molar-refractivity contribution in [3.8, 4) is 0 Å². The first-order chi connectivity index (χ1) is 9.70. The van der Waals surface area contributed by atoms with Gasteiger partial charge in [0, 0.05) is 26.2 Å². The van der Waals surface area contributed by atoms with E-state index >= 15 is 0 Å². The molecule has 116 valence electrons. The van der Waals surface area contributed by atoms with Crippen LogP contribution >= 0.6 is 0 Å². The van der Waals surface area contributed by atoms with Crippen LogP contribution in [0.2, 0.25) is 0 Å². The molecule has 0 aromatic carbocycles. The summed E-state index contributed by atoms with van der Waals surface area (Å²) in [5, 5.41) is 12.5. The standard InChI is InChI=1S/C14H26N2O4/c1-2-19-7-8-20-12-3-5-16(6-4-12)14(18)13-9-11(17)10-15-13/h11-13,15,17H,2-10H2,1H3. The van der Waals surface area contributed by atoms with Gasteiger partial charge in [0.05, 0.1) is 31.5 Å². The van der Waals surface area contributed by atoms with Crippen molar-refractivity contribution in [3.05, 3.63) is 0 Å². The first-order valence-corrected chi connectivity index (χ1v) is 7.60. The molecule has 6 nitrogen and oxygen atoms in total. The number of ether oxygens (including phenoxy) is 2. The third kappa shape index (κ3) is 4.41. The summed E-state index contributed by atoms with van der Waals surface area (Å²) in [6.45, 7) is 5.96. The van der Waals surface area contributed by atoms with Gasteiger partial charge in [-0.05, 0) is 26.2 Å². The van der Waals surface area contributed by atoms with Crippen molar-refractivity contribution in [2.45, 2.75) is 44.4 Å². The van der Waals surface area contributed by atoms with Gasteiger partial charge in [0.15, 0.2) is 0 Å². The number of rotatable bonds is 6. The summed E-state index contributed by atoms with van der Waals surface area (Å²) in [7, 11) is 0. The zero-order valence-corrected chi connectivity index (χ0v) is 12.2. The summed E-state index contributed by atoms with van der Waals surface area (Å²) in [6, 6.07) is -0.208. The molecule has 2 aliphatic heterocycles. The van der Waals surface area contributed by atoms with Gasteiger partial charge < -0.3 is 24.8 Å². The molecular weight excluding hydrogens is 260 g/mol. The van der Waals surface area contributed by atoms with Gasteiger partial charge >= 0.3 is 0 Å². The van der Waals surface area contributed by atoms with E-state index in [2.05, 4.69) is 5.32 Å². The zero-order chi connectivity index (χ0) is 14.4. The van der Waals surface area contributed by atoms with Crippen LogP contribution in [0, 0.1) is 0 Å². The number of amides is 1. The summed E-state index contributed by atoms with van der Waals surface area (Å²) in [5.41, 5.74) is 0. The molecule has 0 bridgehead atoms. The highest BCUT2D eigenvalue weighted by atomic mass is 16.5. The SMILES string of the molecule is CCOCCOC1CCN(C(=O)C2CC(O)CN2)CC1. The lowest BCUT2D eigenvalue weighted by molar-refractivity contribution is -0.136. The molecule has 2 aliphatic rings. The second kappa shape index (κ2) is 7.93. The molecule has 2 atom stereocenters. The van der Waals surface area contributed by atoms with Crippen LogP contribution in [0.1, 0.15) is 26.2 Å². The predicted molar refractivity (Wildman–Crippen MR) is 74.5 cm³/mol. The van der Waals surface area contributed by atoms with Gasteiger partial charge in [0.1, 0.15) is 0 Å². The fourth-order valence-corrected chi connectivity index (χ4v) is 2.79. The molecule has 2 heterocycles. The Bertz CT molecular complexity index is 306. The van der Waals surface area contributed by atoms with Crippen LogP contribution in [0.5, 0.6) is 0 Å². The maximum atomic E-state index is 12.2. The van der Waals surface area contributed by atoms with Crippen molar-refractivity contribution < 1.29 is 19.4 Å². The summed E-state index contributed by atoms with van der Waals surface area (Å²) >= 11 is 0. The van der Waals surface area contributed by atoms with Crippen LogP contribution in [0.4, 0.5) is 0 Å². The number of likely N-dealkylation sites (tertiary alicyclic amines) is 1. The van der Waals surface area contributed by atoms with E-state index in [1.165, 1.54) is 0 Å². The number of piperidine rings is 1. The molecule has 0 spiro atoms. The maximum Gasteiger partial charge on any atom is 0.239 e. The average molecular weight is 286 g/mol. The van der Waals surface area contributed by atoms with E-state index in [-0.39, 0.29) is 24.2 Å². The van der Waals surface area contributed by atoms with Crippen molar-refractivity contribution in [1.82, 2.24) is 10.2 Å². The number of carbonyl (C=O) groups excluding carboxylic acids is 1. The number of aliphatic hydroxyl groups is 1. The largest absolute Gasteiger partial charge is 0.392 e. The second-order valence-corrected chi connectivity index (χ2v) is 5.44. The average Bonchev–Trinajstić information content (AvgIpc) is 2.90. The molecule has 6 heteroatoms. The molecule has 2 fully saturated rings. The summed E-state index contributed by atoms with van der Waals surface area (Å²) in [4.78, 5) is 14.1. The van der Waals surface area contributed by atoms with E-state index < -0.39 is 0 Å². The molecule has 2 rings (SSSR count). The molecule has 0 radical (unpaired) electrons. The highest BCUT2D eigenvalue weighted by Gasteiger charge is 2.33. The normalized spacial score (nSPS) is 28.0. The van der Waals surface area contributed by atoms with Gasteiger partial charge in [0.2, 0.25) is 5.91 Å². The quantitative estimate of drug-likeness (QED) is 0.659. The lowest BCUT2D eigenvalue weighted by Gasteiger charge is -2.33. The van der Waals surface area contributed by atoms with Crippen molar-refractivity contribution in [2.24, 2.45) is 0 Å². The number of carbonyl (C=O) groups is 1. The van der Waals surface area contributed by atoms with Crippen LogP contribution in [-0.2, 0) is 14.3 Å². The third-order valence-corrected chi connectivity index (χ3v) is 3.94. The van der Waals surface area contributed by atoms with E-state index in [1.807, 2.05) is 11.8 Å². The fourth-order valence-electron chi connectivity index (χ4n) is 2.79. The Balaban J connectivity index is 1.64. The number of nitrogens with zero attached hydrogens (tertiary/aromatic N) is 1. The Morgan fingerprint density at radius 2 is 2.10 bits per heavy atom. The Kier molecular flexibility index (Phi) is 6.22. The lowest BCUT2D eigenvalue weighted by Crippen LogP contribution is -2.48. The van der Waals surface area contributed by atoms with Gasteiger partial charge in [-0.2, -0.15) is 0 Å². The topological polar surface area (TPSA) is 71.0 Å². The number of nitrogens with one attached hydrogen (secondary N) is 1. The lowest BCUT2D eigenvalue weighted by atomic mass is 10.1. The van der Waals surface area contributed by atoms with E-state index in [1.54, 1.807) is 0 Å². The van der Waals surface area contributed by atoms with Crippen LogP contribution in [-0.4, -0.2) is 73.6 Å². The molecule has 0 aromatic rings. The van der Waals surface area contributed by atoms with E-state index in [9.17, 15) is 9.90 Å². The highest BCUT2D eigenvalue weighted by molar-refractivity contribution is 5.82. The zero-order valence-electron chi connectivity index (χ0n) is 12.2. The molecule has 0 saturated carbocycles. The fraction of sp³-hybridized carbons (Fsp3) is 0.929. The summed E-state index contributed by atoms with van der Waals surface area (Å²) < 4.78 is 11.0. The van der Waals surface area contributed by atoms with Crippen LogP contribution in [0.3, 0.4) is 0 Å². The first-order valence-electron chi connectivity index (χ1n) is 7.60. The van der Waals surface area contributed by atoms with Crippen LogP contribution in [0.25, 0.3) is 0 Å². The molecule has 0 aliphatic carbocycles. The Morgan fingerprint density at radius 1 is 1.35 bits per heavy atom. The predicted octanol–water partition coefficient (Wildman–Crippen LogP) is -0.247. The minimum Gasteiger partial charge on any atom is -0.392 e. The Morgan fingerprint density at radius 3 is 2.70 bits per heavy atom. The van der Waals surface area contributed by atoms with E-state index in [0.29, 0.717) is 26.2 Å². The third-order valence-electron chi connectivity index (χ3n) is 3.94.